The van der Waals surface area contributed by atoms with Crippen LogP contribution < -0.4 is 5.73 Å². The Morgan fingerprint density at radius 2 is 1.94 bits per heavy atom. The van der Waals surface area contributed by atoms with Crippen molar-refractivity contribution in [1.29, 1.82) is 0 Å². The second-order valence-electron chi connectivity index (χ2n) is 3.56. The Labute approximate surface area is 91.7 Å². The van der Waals surface area contributed by atoms with Gasteiger partial charge in [-0.1, -0.05) is 0 Å². The van der Waals surface area contributed by atoms with Crippen molar-refractivity contribution < 1.29 is 8.78 Å². The van der Waals surface area contributed by atoms with Crippen LogP contribution in [0.1, 0.15) is 5.56 Å². The third-order valence-electron chi connectivity index (χ3n) is 2.38. The summed E-state index contributed by atoms with van der Waals surface area (Å²) in [6.45, 7) is 1.81. The molecule has 1 aromatic heterocycles. The van der Waals surface area contributed by atoms with E-state index in [1.54, 1.807) is 12.1 Å². The van der Waals surface area contributed by atoms with Crippen molar-refractivity contribution >= 4 is 5.69 Å². The third kappa shape index (κ3) is 1.86. The molecule has 0 aliphatic carbocycles. The number of hydrogen-bond donors (Lipinski definition) is 1. The van der Waals surface area contributed by atoms with Crippen LogP contribution in [0.4, 0.5) is 14.5 Å². The summed E-state index contributed by atoms with van der Waals surface area (Å²) in [5, 5.41) is 0. The van der Waals surface area contributed by atoms with Gasteiger partial charge in [0.1, 0.15) is 5.82 Å². The monoisotopic (exact) mass is 220 g/mol. The normalized spacial score (nSPS) is 10.4. The molecule has 1 aromatic carbocycles. The molecule has 1 heterocycles. The zero-order valence-corrected chi connectivity index (χ0v) is 8.67. The van der Waals surface area contributed by atoms with Gasteiger partial charge in [-0.15, -0.1) is 0 Å². The fourth-order valence-electron chi connectivity index (χ4n) is 1.55. The Bertz CT molecular complexity index is 521. The molecule has 0 saturated carbocycles. The molecule has 0 unspecified atom stereocenters. The van der Waals surface area contributed by atoms with Gasteiger partial charge in [-0.25, -0.2) is 9.37 Å². The maximum atomic E-state index is 13.3. The highest BCUT2D eigenvalue weighted by molar-refractivity contribution is 5.69. The molecule has 0 bridgehead atoms. The lowest BCUT2D eigenvalue weighted by molar-refractivity contribution is 0.584. The van der Waals surface area contributed by atoms with Crippen LogP contribution in [0, 0.1) is 18.7 Å². The number of pyridine rings is 1. The smallest absolute Gasteiger partial charge is 0.212 e. The first kappa shape index (κ1) is 10.5. The Balaban J connectivity index is 2.56. The molecule has 0 spiro atoms. The molecular weight excluding hydrogens is 210 g/mol. The van der Waals surface area contributed by atoms with Crippen molar-refractivity contribution in [3.8, 4) is 11.1 Å². The minimum atomic E-state index is -0.558. The highest BCUT2D eigenvalue weighted by Gasteiger charge is 2.07. The number of nitrogens with two attached hydrogens (primary N) is 1. The number of nitrogens with zero attached hydrogens (tertiary/aromatic N) is 1. The van der Waals surface area contributed by atoms with Gasteiger partial charge in [-0.05, 0) is 42.3 Å². The van der Waals surface area contributed by atoms with Crippen LogP contribution in [-0.2, 0) is 0 Å². The lowest BCUT2D eigenvalue weighted by Gasteiger charge is -2.07. The van der Waals surface area contributed by atoms with Crippen LogP contribution in [0.5, 0.6) is 0 Å². The summed E-state index contributed by atoms with van der Waals surface area (Å²) in [6.07, 6.45) is 1.37. The SMILES string of the molecule is Cc1cc(N)c(F)cc1-c1ccc(F)nc1. The van der Waals surface area contributed by atoms with Crippen LogP contribution in [0.2, 0.25) is 0 Å². The number of anilines is 1. The zero-order chi connectivity index (χ0) is 11.7. The van der Waals surface area contributed by atoms with Crippen molar-refractivity contribution in [3.05, 3.63) is 47.8 Å². The Morgan fingerprint density at radius 1 is 1.19 bits per heavy atom. The van der Waals surface area contributed by atoms with E-state index in [1.807, 2.05) is 6.92 Å². The van der Waals surface area contributed by atoms with E-state index < -0.39 is 11.8 Å². The van der Waals surface area contributed by atoms with E-state index in [0.29, 0.717) is 11.1 Å². The van der Waals surface area contributed by atoms with E-state index in [-0.39, 0.29) is 5.69 Å². The number of aromatic nitrogens is 1. The molecule has 0 aliphatic rings. The van der Waals surface area contributed by atoms with Gasteiger partial charge in [0.2, 0.25) is 5.95 Å². The van der Waals surface area contributed by atoms with Crippen LogP contribution >= 0.6 is 0 Å². The fourth-order valence-corrected chi connectivity index (χ4v) is 1.55. The Morgan fingerprint density at radius 3 is 2.56 bits per heavy atom. The molecule has 0 saturated heterocycles. The fraction of sp³-hybridized carbons (Fsp3) is 0.0833. The summed E-state index contributed by atoms with van der Waals surface area (Å²) in [6, 6.07) is 5.68. The number of halogens is 2. The number of nitrogen functional groups attached to an aromatic ring is 1. The molecule has 2 N–H and O–H groups in total. The number of benzene rings is 1. The summed E-state index contributed by atoms with van der Waals surface area (Å²) in [5.74, 6) is -1.04. The predicted octanol–water partition coefficient (Wildman–Crippen LogP) is 2.92. The van der Waals surface area contributed by atoms with Crippen LogP contribution in [0.3, 0.4) is 0 Å². The number of hydrogen-bond acceptors (Lipinski definition) is 2. The van der Waals surface area contributed by atoms with Gasteiger partial charge in [-0.3, -0.25) is 0 Å². The summed E-state index contributed by atoms with van der Waals surface area (Å²) >= 11 is 0. The maximum Gasteiger partial charge on any atom is 0.212 e. The van der Waals surface area contributed by atoms with Crippen molar-refractivity contribution in [3.63, 3.8) is 0 Å². The van der Waals surface area contributed by atoms with Gasteiger partial charge in [0.25, 0.3) is 0 Å². The van der Waals surface area contributed by atoms with E-state index in [2.05, 4.69) is 4.98 Å². The summed E-state index contributed by atoms with van der Waals surface area (Å²) in [5.41, 5.74) is 7.71. The molecule has 0 radical (unpaired) electrons. The Hall–Kier alpha value is -1.97. The molecule has 0 fully saturated rings. The third-order valence-corrected chi connectivity index (χ3v) is 2.38. The van der Waals surface area contributed by atoms with Gasteiger partial charge in [0, 0.05) is 11.8 Å². The lowest BCUT2D eigenvalue weighted by Crippen LogP contribution is -1.94. The molecule has 4 heteroatoms. The van der Waals surface area contributed by atoms with E-state index in [0.717, 1.165) is 5.56 Å². The average Bonchev–Trinajstić information content (AvgIpc) is 2.25. The van der Waals surface area contributed by atoms with Gasteiger partial charge < -0.3 is 5.73 Å². The minimum Gasteiger partial charge on any atom is -0.396 e. The Kier molecular flexibility index (Phi) is 2.56. The molecule has 2 nitrogen and oxygen atoms in total. The standard InChI is InChI=1S/C12H10F2N2/c1-7-4-11(15)10(13)5-9(7)8-2-3-12(14)16-6-8/h2-6H,15H2,1H3. The van der Waals surface area contributed by atoms with Crippen molar-refractivity contribution in [2.45, 2.75) is 6.92 Å². The van der Waals surface area contributed by atoms with Crippen molar-refractivity contribution in [2.75, 3.05) is 5.73 Å². The van der Waals surface area contributed by atoms with E-state index in [9.17, 15) is 8.78 Å². The average molecular weight is 220 g/mol. The highest BCUT2D eigenvalue weighted by Crippen LogP contribution is 2.26. The van der Waals surface area contributed by atoms with Gasteiger partial charge in [0.05, 0.1) is 5.69 Å². The maximum absolute atomic E-state index is 13.3. The quantitative estimate of drug-likeness (QED) is 0.592. The first-order valence-electron chi connectivity index (χ1n) is 4.75. The zero-order valence-electron chi connectivity index (χ0n) is 8.67. The first-order chi connectivity index (χ1) is 7.58. The van der Waals surface area contributed by atoms with Gasteiger partial charge >= 0.3 is 0 Å². The van der Waals surface area contributed by atoms with Gasteiger partial charge in [0.15, 0.2) is 0 Å². The molecule has 0 amide bonds. The lowest BCUT2D eigenvalue weighted by atomic mass is 10.0. The highest BCUT2D eigenvalue weighted by atomic mass is 19.1. The molecule has 16 heavy (non-hydrogen) atoms. The van der Waals surface area contributed by atoms with Crippen molar-refractivity contribution in [1.82, 2.24) is 4.98 Å². The minimum absolute atomic E-state index is 0.108. The van der Waals surface area contributed by atoms with Crippen LogP contribution in [-0.4, -0.2) is 4.98 Å². The number of aryl methyl sites for hydroxylation is 1. The van der Waals surface area contributed by atoms with E-state index in [1.165, 1.54) is 18.3 Å². The second kappa shape index (κ2) is 3.89. The van der Waals surface area contributed by atoms with E-state index in [4.69, 9.17) is 5.73 Å². The molecule has 0 aliphatic heterocycles. The molecule has 2 rings (SSSR count). The van der Waals surface area contributed by atoms with Crippen LogP contribution in [0.15, 0.2) is 30.5 Å². The summed E-state index contributed by atoms with van der Waals surface area (Å²) < 4.78 is 25.9. The van der Waals surface area contributed by atoms with Gasteiger partial charge in [-0.2, -0.15) is 4.39 Å². The van der Waals surface area contributed by atoms with E-state index >= 15 is 0 Å². The van der Waals surface area contributed by atoms with Crippen molar-refractivity contribution in [2.24, 2.45) is 0 Å². The summed E-state index contributed by atoms with van der Waals surface area (Å²) in [4.78, 5) is 3.53. The second-order valence-corrected chi connectivity index (χ2v) is 3.56. The van der Waals surface area contributed by atoms with Crippen LogP contribution in [0.25, 0.3) is 11.1 Å². The molecular formula is C12H10F2N2. The summed E-state index contributed by atoms with van der Waals surface area (Å²) in [7, 11) is 0. The molecule has 0 atom stereocenters. The first-order valence-corrected chi connectivity index (χ1v) is 4.75. The predicted molar refractivity (Wildman–Crippen MR) is 58.7 cm³/mol. The molecule has 2 aromatic rings. The topological polar surface area (TPSA) is 38.9 Å². The largest absolute Gasteiger partial charge is 0.396 e. The number of rotatable bonds is 1. The molecule has 82 valence electrons.